The molecule has 7 nitrogen and oxygen atoms in total. The smallest absolute Gasteiger partial charge is 0.236 e. The Hall–Kier alpha value is -2.45. The number of carbonyl (C=O) groups is 2. The Morgan fingerprint density at radius 3 is 2.03 bits per heavy atom. The topological polar surface area (TPSA) is 65.1 Å². The molecule has 1 N–H and O–H groups in total. The van der Waals surface area contributed by atoms with E-state index in [-0.39, 0.29) is 17.9 Å². The highest BCUT2D eigenvalue weighted by molar-refractivity contribution is 6.30. The highest BCUT2D eigenvalue weighted by Crippen LogP contribution is 2.23. The molecule has 4 rings (SSSR count). The van der Waals surface area contributed by atoms with E-state index >= 15 is 0 Å². The van der Waals surface area contributed by atoms with E-state index in [4.69, 9.17) is 16.3 Å². The fraction of sp³-hybridized carbons (Fsp3) is 0.440. The van der Waals surface area contributed by atoms with Crippen LogP contribution in [-0.4, -0.2) is 92.1 Å². The Morgan fingerprint density at radius 1 is 0.818 bits per heavy atom. The molecule has 176 valence electrons. The number of rotatable bonds is 7. The molecule has 0 unspecified atom stereocenters. The van der Waals surface area contributed by atoms with Crippen molar-refractivity contribution in [1.29, 1.82) is 0 Å². The fourth-order valence-corrected chi connectivity index (χ4v) is 4.41. The zero-order chi connectivity index (χ0) is 23.0. The van der Waals surface area contributed by atoms with Crippen LogP contribution in [-0.2, 0) is 14.3 Å². The molecule has 8 heteroatoms. The van der Waals surface area contributed by atoms with E-state index in [9.17, 15) is 9.59 Å². The third-order valence-corrected chi connectivity index (χ3v) is 6.45. The van der Waals surface area contributed by atoms with Crippen LogP contribution in [0.5, 0.6) is 0 Å². The van der Waals surface area contributed by atoms with Gasteiger partial charge in [-0.1, -0.05) is 54.1 Å². The molecular weight excluding hydrogens is 440 g/mol. The molecular formula is C25H31ClN4O3. The molecule has 0 aromatic heterocycles. The molecule has 2 amide bonds. The van der Waals surface area contributed by atoms with E-state index in [1.54, 1.807) is 0 Å². The third-order valence-electron chi connectivity index (χ3n) is 6.20. The van der Waals surface area contributed by atoms with Gasteiger partial charge in [0.2, 0.25) is 11.8 Å². The van der Waals surface area contributed by atoms with Crippen molar-refractivity contribution in [2.24, 2.45) is 0 Å². The molecule has 2 saturated heterocycles. The van der Waals surface area contributed by atoms with Crippen molar-refractivity contribution in [3.63, 3.8) is 0 Å². The lowest BCUT2D eigenvalue weighted by molar-refractivity contribution is -0.137. The maximum absolute atomic E-state index is 12.9. The third kappa shape index (κ3) is 6.77. The number of amides is 2. The van der Waals surface area contributed by atoms with Gasteiger partial charge in [0.25, 0.3) is 0 Å². The molecule has 0 aliphatic carbocycles. The number of nitrogens with one attached hydrogen (secondary N) is 1. The molecule has 1 atom stereocenters. The fourth-order valence-electron chi connectivity index (χ4n) is 4.28. The number of carbonyl (C=O) groups excluding carboxylic acids is 2. The van der Waals surface area contributed by atoms with Crippen molar-refractivity contribution in [1.82, 2.24) is 20.0 Å². The van der Waals surface area contributed by atoms with Crippen LogP contribution >= 0.6 is 11.6 Å². The number of halogens is 1. The normalized spacial score (nSPS) is 18.6. The zero-order valence-corrected chi connectivity index (χ0v) is 19.5. The lowest BCUT2D eigenvalue weighted by atomic mass is 9.98. The summed E-state index contributed by atoms with van der Waals surface area (Å²) in [4.78, 5) is 31.6. The first-order valence-electron chi connectivity index (χ1n) is 11.5. The highest BCUT2D eigenvalue weighted by Gasteiger charge is 2.25. The van der Waals surface area contributed by atoms with Crippen LogP contribution < -0.4 is 5.32 Å². The number of piperazine rings is 1. The van der Waals surface area contributed by atoms with Crippen molar-refractivity contribution in [3.8, 4) is 0 Å². The van der Waals surface area contributed by atoms with Crippen LogP contribution in [0.15, 0.2) is 54.6 Å². The van der Waals surface area contributed by atoms with Crippen LogP contribution in [0.4, 0.5) is 0 Å². The van der Waals surface area contributed by atoms with Gasteiger partial charge in [0.1, 0.15) is 0 Å². The second-order valence-corrected chi connectivity index (χ2v) is 8.94. The Labute approximate surface area is 200 Å². The predicted molar refractivity (Wildman–Crippen MR) is 128 cm³/mol. The monoisotopic (exact) mass is 470 g/mol. The van der Waals surface area contributed by atoms with Crippen LogP contribution in [0.1, 0.15) is 17.2 Å². The van der Waals surface area contributed by atoms with Crippen LogP contribution in [0, 0.1) is 0 Å². The van der Waals surface area contributed by atoms with Gasteiger partial charge in [-0.15, -0.1) is 0 Å². The maximum atomic E-state index is 12.9. The molecule has 0 spiro atoms. The Bertz CT molecular complexity index is 911. The number of nitrogens with zero attached hydrogens (tertiary/aromatic N) is 3. The van der Waals surface area contributed by atoms with Gasteiger partial charge in [0, 0.05) is 44.3 Å². The Morgan fingerprint density at radius 2 is 1.39 bits per heavy atom. The summed E-state index contributed by atoms with van der Waals surface area (Å²) in [5.41, 5.74) is 2.02. The van der Waals surface area contributed by atoms with E-state index in [2.05, 4.69) is 15.1 Å². The van der Waals surface area contributed by atoms with Gasteiger partial charge in [-0.05, 0) is 23.3 Å². The summed E-state index contributed by atoms with van der Waals surface area (Å²) in [5.74, 6) is 0.148. The van der Waals surface area contributed by atoms with E-state index in [1.807, 2.05) is 59.5 Å². The number of ether oxygens (including phenoxy) is 1. The number of morpholine rings is 1. The summed E-state index contributed by atoms with van der Waals surface area (Å²) in [6.07, 6.45) is 0. The van der Waals surface area contributed by atoms with Gasteiger partial charge in [0.15, 0.2) is 0 Å². The summed E-state index contributed by atoms with van der Waals surface area (Å²) in [6.45, 7) is 6.45. The van der Waals surface area contributed by atoms with E-state index in [0.717, 1.165) is 37.3 Å². The molecule has 2 heterocycles. The summed E-state index contributed by atoms with van der Waals surface area (Å²) >= 11 is 6.06. The average molecular weight is 471 g/mol. The van der Waals surface area contributed by atoms with Crippen LogP contribution in [0.25, 0.3) is 0 Å². The van der Waals surface area contributed by atoms with E-state index < -0.39 is 0 Å². The molecule has 2 aliphatic rings. The highest BCUT2D eigenvalue weighted by atomic mass is 35.5. The Kier molecular flexibility index (Phi) is 8.34. The number of benzene rings is 2. The molecule has 2 aliphatic heterocycles. The molecule has 0 radical (unpaired) electrons. The number of hydrogen-bond donors (Lipinski definition) is 1. The average Bonchev–Trinajstić information content (AvgIpc) is 2.85. The molecule has 33 heavy (non-hydrogen) atoms. The largest absolute Gasteiger partial charge is 0.378 e. The minimum Gasteiger partial charge on any atom is -0.378 e. The van der Waals surface area contributed by atoms with Gasteiger partial charge < -0.3 is 15.0 Å². The lowest BCUT2D eigenvalue weighted by Crippen LogP contribution is -2.53. The standard InChI is InChI=1S/C25H31ClN4O3/c26-22-8-6-21(7-9-22)25(20-4-2-1-3-5-20)27-23(31)18-28-10-12-29(13-11-28)19-24(32)30-14-16-33-17-15-30/h1-9,25H,10-19H2,(H,27,31)/t25-/m1/s1. The summed E-state index contributed by atoms with van der Waals surface area (Å²) in [7, 11) is 0. The SMILES string of the molecule is O=C(CN1CCN(CC(=O)N2CCOCC2)CC1)N[C@H](c1ccccc1)c1ccc(Cl)cc1. The molecule has 0 bridgehead atoms. The second-order valence-electron chi connectivity index (χ2n) is 8.51. The first-order chi connectivity index (χ1) is 16.1. The molecule has 2 aromatic carbocycles. The van der Waals surface area contributed by atoms with Crippen molar-refractivity contribution in [3.05, 3.63) is 70.7 Å². The second kappa shape index (κ2) is 11.6. The van der Waals surface area contributed by atoms with Crippen LogP contribution in [0.3, 0.4) is 0 Å². The molecule has 2 fully saturated rings. The van der Waals surface area contributed by atoms with Gasteiger partial charge in [-0.25, -0.2) is 0 Å². The first-order valence-corrected chi connectivity index (χ1v) is 11.9. The van der Waals surface area contributed by atoms with E-state index in [0.29, 0.717) is 44.4 Å². The quantitative estimate of drug-likeness (QED) is 0.670. The summed E-state index contributed by atoms with van der Waals surface area (Å²) in [5, 5.41) is 3.86. The van der Waals surface area contributed by atoms with Crippen molar-refractivity contribution in [2.75, 3.05) is 65.6 Å². The van der Waals surface area contributed by atoms with Crippen LogP contribution in [0.2, 0.25) is 5.02 Å². The minimum atomic E-state index is -0.233. The number of hydrogen-bond acceptors (Lipinski definition) is 5. The molecule has 0 saturated carbocycles. The van der Waals surface area contributed by atoms with Gasteiger partial charge in [-0.2, -0.15) is 0 Å². The Balaban J connectivity index is 1.28. The van der Waals surface area contributed by atoms with Crippen molar-refractivity contribution < 1.29 is 14.3 Å². The van der Waals surface area contributed by atoms with Gasteiger partial charge in [0.05, 0.1) is 32.3 Å². The maximum Gasteiger partial charge on any atom is 0.236 e. The van der Waals surface area contributed by atoms with Crippen molar-refractivity contribution in [2.45, 2.75) is 6.04 Å². The lowest BCUT2D eigenvalue weighted by Gasteiger charge is -2.36. The summed E-state index contributed by atoms with van der Waals surface area (Å²) in [6, 6.07) is 17.3. The summed E-state index contributed by atoms with van der Waals surface area (Å²) < 4.78 is 5.32. The minimum absolute atomic E-state index is 0.0170. The molecule has 2 aromatic rings. The van der Waals surface area contributed by atoms with Gasteiger partial charge in [-0.3, -0.25) is 19.4 Å². The van der Waals surface area contributed by atoms with E-state index in [1.165, 1.54) is 0 Å². The van der Waals surface area contributed by atoms with Gasteiger partial charge >= 0.3 is 0 Å². The zero-order valence-electron chi connectivity index (χ0n) is 18.8. The van der Waals surface area contributed by atoms with Crippen molar-refractivity contribution >= 4 is 23.4 Å². The predicted octanol–water partition coefficient (Wildman–Crippen LogP) is 2.02. The first kappa shape index (κ1) is 23.7.